The molecule has 0 amide bonds. The molecule has 1 N–H and O–H groups in total. The van der Waals surface area contributed by atoms with E-state index in [-0.39, 0.29) is 6.10 Å². The summed E-state index contributed by atoms with van der Waals surface area (Å²) in [5, 5.41) is 8.85. The fourth-order valence-corrected chi connectivity index (χ4v) is 0.947. The van der Waals surface area contributed by atoms with E-state index in [0.717, 1.165) is 6.42 Å². The summed E-state index contributed by atoms with van der Waals surface area (Å²) in [6.45, 7) is 4.07. The lowest BCUT2D eigenvalue weighted by molar-refractivity contribution is -0.0863. The van der Waals surface area contributed by atoms with Gasteiger partial charge < -0.3 is 9.84 Å². The van der Waals surface area contributed by atoms with Crippen LogP contribution in [-0.4, -0.2) is 17.5 Å². The van der Waals surface area contributed by atoms with Crippen LogP contribution in [0.3, 0.4) is 0 Å². The van der Waals surface area contributed by atoms with Gasteiger partial charge in [0.15, 0.2) is 6.29 Å². The van der Waals surface area contributed by atoms with Crippen molar-refractivity contribution in [2.24, 2.45) is 5.92 Å². The highest BCUT2D eigenvalue weighted by Crippen LogP contribution is 2.23. The van der Waals surface area contributed by atoms with Gasteiger partial charge in [-0.1, -0.05) is 6.92 Å². The quantitative estimate of drug-likeness (QED) is 0.506. The Labute approximate surface area is 49.5 Å². The first-order valence-electron chi connectivity index (χ1n) is 3.03. The van der Waals surface area contributed by atoms with Crippen molar-refractivity contribution in [1.29, 1.82) is 0 Å². The van der Waals surface area contributed by atoms with Crippen molar-refractivity contribution in [3.8, 4) is 0 Å². The Morgan fingerprint density at radius 1 is 1.50 bits per heavy atom. The van der Waals surface area contributed by atoms with Gasteiger partial charge in [-0.3, -0.25) is 0 Å². The minimum Gasteiger partial charge on any atom is -0.368 e. The molecule has 0 aliphatic carbocycles. The van der Waals surface area contributed by atoms with Gasteiger partial charge in [-0.05, 0) is 12.8 Å². The molecule has 0 bridgehead atoms. The lowest BCUT2D eigenvalue weighted by atomic mass is 10.1. The number of aliphatic hydroxyl groups excluding tert-OH is 1. The van der Waals surface area contributed by atoms with Crippen molar-refractivity contribution in [3.63, 3.8) is 0 Å². The molecule has 0 aromatic carbocycles. The molecule has 0 saturated carbocycles. The average molecular weight is 116 g/mol. The molecule has 48 valence electrons. The predicted octanol–water partition coefficient (Wildman–Crippen LogP) is 0.750. The number of aliphatic hydroxyl groups is 1. The lowest BCUT2D eigenvalue weighted by Crippen LogP contribution is -2.07. The number of rotatable bonds is 0. The van der Waals surface area contributed by atoms with Gasteiger partial charge in [0.2, 0.25) is 0 Å². The molecule has 0 spiro atoms. The highest BCUT2D eigenvalue weighted by atomic mass is 16.6. The minimum atomic E-state index is -0.500. The van der Waals surface area contributed by atoms with E-state index in [9.17, 15) is 0 Å². The molecule has 1 aliphatic rings. The summed E-state index contributed by atoms with van der Waals surface area (Å²) >= 11 is 0. The van der Waals surface area contributed by atoms with Gasteiger partial charge in [0, 0.05) is 6.42 Å². The van der Waals surface area contributed by atoms with Gasteiger partial charge in [0.05, 0.1) is 6.10 Å². The van der Waals surface area contributed by atoms with Crippen LogP contribution in [0.2, 0.25) is 0 Å². The van der Waals surface area contributed by atoms with E-state index in [1.165, 1.54) is 0 Å². The third kappa shape index (κ3) is 1.01. The monoisotopic (exact) mass is 116 g/mol. The van der Waals surface area contributed by atoms with Gasteiger partial charge in [-0.15, -0.1) is 0 Å². The van der Waals surface area contributed by atoms with Crippen molar-refractivity contribution in [1.82, 2.24) is 0 Å². The zero-order valence-corrected chi connectivity index (χ0v) is 5.29. The topological polar surface area (TPSA) is 29.5 Å². The summed E-state index contributed by atoms with van der Waals surface area (Å²) in [4.78, 5) is 0. The van der Waals surface area contributed by atoms with E-state index in [4.69, 9.17) is 9.84 Å². The molecule has 1 saturated heterocycles. The summed E-state index contributed by atoms with van der Waals surface area (Å²) in [5.41, 5.74) is 0. The Bertz CT molecular complexity index is 72.6. The number of ether oxygens (including phenoxy) is 1. The van der Waals surface area contributed by atoms with Crippen LogP contribution < -0.4 is 0 Å². The zero-order chi connectivity index (χ0) is 6.15. The Kier molecular flexibility index (Phi) is 1.54. The Balaban J connectivity index is 2.39. The van der Waals surface area contributed by atoms with Crippen LogP contribution in [0.4, 0.5) is 0 Å². The molecule has 1 heterocycles. The molecule has 2 heteroatoms. The van der Waals surface area contributed by atoms with Gasteiger partial charge in [0.25, 0.3) is 0 Å². The van der Waals surface area contributed by atoms with Crippen LogP contribution >= 0.6 is 0 Å². The zero-order valence-electron chi connectivity index (χ0n) is 5.29. The molecule has 8 heavy (non-hydrogen) atoms. The third-order valence-corrected chi connectivity index (χ3v) is 1.75. The first-order valence-corrected chi connectivity index (χ1v) is 3.03. The van der Waals surface area contributed by atoms with E-state index in [1.807, 2.05) is 6.92 Å². The molecule has 1 unspecified atom stereocenters. The molecular formula is C6H12O2. The van der Waals surface area contributed by atoms with Gasteiger partial charge in [0.1, 0.15) is 0 Å². The van der Waals surface area contributed by atoms with Crippen molar-refractivity contribution < 1.29 is 9.84 Å². The molecule has 1 fully saturated rings. The maximum absolute atomic E-state index is 8.85. The highest BCUT2D eigenvalue weighted by Gasteiger charge is 2.26. The Hall–Kier alpha value is -0.0800. The number of hydrogen-bond acceptors (Lipinski definition) is 2. The maximum atomic E-state index is 8.85. The van der Waals surface area contributed by atoms with Crippen molar-refractivity contribution in [3.05, 3.63) is 0 Å². The molecule has 1 aliphatic heterocycles. The minimum absolute atomic E-state index is 0.241. The van der Waals surface area contributed by atoms with Crippen molar-refractivity contribution in [2.45, 2.75) is 32.7 Å². The van der Waals surface area contributed by atoms with Gasteiger partial charge in [-0.2, -0.15) is 0 Å². The van der Waals surface area contributed by atoms with E-state index >= 15 is 0 Å². The second kappa shape index (κ2) is 2.03. The number of hydrogen-bond donors (Lipinski definition) is 1. The van der Waals surface area contributed by atoms with E-state index < -0.39 is 6.29 Å². The van der Waals surface area contributed by atoms with E-state index in [2.05, 4.69) is 6.92 Å². The molecule has 0 radical (unpaired) electrons. The normalized spacial score (nSPS) is 47.6. The largest absolute Gasteiger partial charge is 0.368 e. The second-order valence-electron chi connectivity index (χ2n) is 2.51. The summed E-state index contributed by atoms with van der Waals surface area (Å²) in [6.07, 6.45) is 0.534. The summed E-state index contributed by atoms with van der Waals surface area (Å²) in [7, 11) is 0. The Morgan fingerprint density at radius 3 is 2.25 bits per heavy atom. The molecule has 3 atom stereocenters. The van der Waals surface area contributed by atoms with E-state index in [0.29, 0.717) is 5.92 Å². The van der Waals surface area contributed by atoms with Crippen LogP contribution in [0.1, 0.15) is 20.3 Å². The smallest absolute Gasteiger partial charge is 0.155 e. The van der Waals surface area contributed by atoms with E-state index in [1.54, 1.807) is 0 Å². The van der Waals surface area contributed by atoms with Crippen molar-refractivity contribution in [2.75, 3.05) is 0 Å². The van der Waals surface area contributed by atoms with Crippen LogP contribution in [-0.2, 0) is 4.74 Å². The Morgan fingerprint density at radius 2 is 2.12 bits per heavy atom. The fraction of sp³-hybridized carbons (Fsp3) is 1.00. The van der Waals surface area contributed by atoms with Crippen LogP contribution in [0.25, 0.3) is 0 Å². The first kappa shape index (κ1) is 6.05. The maximum Gasteiger partial charge on any atom is 0.155 e. The van der Waals surface area contributed by atoms with Crippen LogP contribution in [0.5, 0.6) is 0 Å². The van der Waals surface area contributed by atoms with Crippen LogP contribution in [0.15, 0.2) is 0 Å². The summed E-state index contributed by atoms with van der Waals surface area (Å²) in [6, 6.07) is 0. The molecular weight excluding hydrogens is 104 g/mol. The molecule has 0 aromatic heterocycles. The highest BCUT2D eigenvalue weighted by molar-refractivity contribution is 4.69. The van der Waals surface area contributed by atoms with Crippen LogP contribution in [0, 0.1) is 5.92 Å². The first-order chi connectivity index (χ1) is 3.70. The lowest BCUT2D eigenvalue weighted by Gasteiger charge is -2.04. The molecule has 2 nitrogen and oxygen atoms in total. The summed E-state index contributed by atoms with van der Waals surface area (Å²) in [5.74, 6) is 0.519. The predicted molar refractivity (Wildman–Crippen MR) is 30.3 cm³/mol. The molecule has 0 aromatic rings. The standard InChI is InChI=1S/C6H12O2/c1-4-3-6(7)8-5(4)2/h4-7H,3H2,1-2H3/t4-,5?,6-/m1/s1. The summed E-state index contributed by atoms with van der Waals surface area (Å²) < 4.78 is 5.03. The third-order valence-electron chi connectivity index (χ3n) is 1.75. The average Bonchev–Trinajstić information content (AvgIpc) is 1.85. The van der Waals surface area contributed by atoms with Gasteiger partial charge in [-0.25, -0.2) is 0 Å². The fourth-order valence-electron chi connectivity index (χ4n) is 0.947. The second-order valence-corrected chi connectivity index (χ2v) is 2.51. The SMILES string of the molecule is CC1O[C@@H](O)C[C@H]1C. The van der Waals surface area contributed by atoms with Gasteiger partial charge >= 0.3 is 0 Å². The van der Waals surface area contributed by atoms with Crippen molar-refractivity contribution >= 4 is 0 Å². The molecule has 1 rings (SSSR count).